The van der Waals surface area contributed by atoms with Crippen molar-refractivity contribution in [2.75, 3.05) is 36.5 Å². The van der Waals surface area contributed by atoms with Crippen molar-refractivity contribution in [2.45, 2.75) is 19.4 Å². The van der Waals surface area contributed by atoms with Gasteiger partial charge in [0.25, 0.3) is 6.01 Å². The minimum atomic E-state index is -0.713. The minimum absolute atomic E-state index is 0.290. The van der Waals surface area contributed by atoms with Gasteiger partial charge in [-0.25, -0.2) is 0 Å². The fourth-order valence-corrected chi connectivity index (χ4v) is 4.52. The van der Waals surface area contributed by atoms with Gasteiger partial charge in [0.1, 0.15) is 11.3 Å². The SMILES string of the molecule is COc1ccc(CCN(Cc2ccc(N3CC[C@H](C(=O)O)C3)cc2)c2nc3ccccc3o2)cc1. The maximum Gasteiger partial charge on any atom is 0.308 e. The number of ether oxygens (including phenoxy) is 1. The van der Waals surface area contributed by atoms with Crippen molar-refractivity contribution >= 4 is 28.8 Å². The topological polar surface area (TPSA) is 79.0 Å². The number of nitrogens with zero attached hydrogens (tertiary/aromatic N) is 3. The lowest BCUT2D eigenvalue weighted by Crippen LogP contribution is -2.26. The number of aliphatic carboxylic acids is 1. The van der Waals surface area contributed by atoms with E-state index in [1.165, 1.54) is 5.56 Å². The van der Waals surface area contributed by atoms with Crippen LogP contribution in [0, 0.1) is 5.92 Å². The van der Waals surface area contributed by atoms with Gasteiger partial charge in [-0.15, -0.1) is 0 Å². The lowest BCUT2D eigenvalue weighted by atomic mass is 10.1. The third-order valence-corrected chi connectivity index (χ3v) is 6.59. The molecule has 0 bridgehead atoms. The molecule has 180 valence electrons. The van der Waals surface area contributed by atoms with E-state index in [0.717, 1.165) is 47.6 Å². The van der Waals surface area contributed by atoms with Crippen LogP contribution in [0.3, 0.4) is 0 Å². The molecule has 0 radical (unpaired) electrons. The smallest absolute Gasteiger partial charge is 0.308 e. The number of benzene rings is 3. The van der Waals surface area contributed by atoms with Crippen LogP contribution in [0.5, 0.6) is 5.75 Å². The third kappa shape index (κ3) is 5.24. The lowest BCUT2D eigenvalue weighted by molar-refractivity contribution is -0.140. The van der Waals surface area contributed by atoms with Crippen molar-refractivity contribution in [3.05, 3.63) is 83.9 Å². The van der Waals surface area contributed by atoms with Gasteiger partial charge in [0.2, 0.25) is 0 Å². The molecule has 4 aromatic rings. The fraction of sp³-hybridized carbons (Fsp3) is 0.286. The maximum absolute atomic E-state index is 11.3. The number of rotatable bonds is 9. The molecule has 3 aromatic carbocycles. The highest BCUT2D eigenvalue weighted by atomic mass is 16.5. The van der Waals surface area contributed by atoms with Crippen LogP contribution in [0.15, 0.2) is 77.2 Å². The molecule has 1 aliphatic heterocycles. The van der Waals surface area contributed by atoms with E-state index in [1.807, 2.05) is 36.4 Å². The minimum Gasteiger partial charge on any atom is -0.497 e. The Balaban J connectivity index is 1.32. The first-order valence-electron chi connectivity index (χ1n) is 11.9. The molecular weight excluding hydrogens is 442 g/mol. The summed E-state index contributed by atoms with van der Waals surface area (Å²) in [4.78, 5) is 20.3. The highest BCUT2D eigenvalue weighted by Crippen LogP contribution is 2.27. The van der Waals surface area contributed by atoms with Crippen LogP contribution < -0.4 is 14.5 Å². The number of carbonyl (C=O) groups is 1. The Labute approximate surface area is 204 Å². The quantitative estimate of drug-likeness (QED) is 0.368. The van der Waals surface area contributed by atoms with E-state index < -0.39 is 5.97 Å². The Morgan fingerprint density at radius 1 is 1.09 bits per heavy atom. The molecule has 0 saturated carbocycles. The van der Waals surface area contributed by atoms with E-state index >= 15 is 0 Å². The number of hydrogen-bond donors (Lipinski definition) is 1. The van der Waals surface area contributed by atoms with Crippen LogP contribution >= 0.6 is 0 Å². The largest absolute Gasteiger partial charge is 0.497 e. The summed E-state index contributed by atoms with van der Waals surface area (Å²) in [7, 11) is 1.67. The number of hydrogen-bond acceptors (Lipinski definition) is 6. The predicted molar refractivity (Wildman–Crippen MR) is 136 cm³/mol. The summed E-state index contributed by atoms with van der Waals surface area (Å²) in [5.41, 5.74) is 5.02. The molecule has 1 saturated heterocycles. The van der Waals surface area contributed by atoms with Crippen molar-refractivity contribution in [3.63, 3.8) is 0 Å². The van der Waals surface area contributed by atoms with Crippen LogP contribution in [-0.2, 0) is 17.8 Å². The van der Waals surface area contributed by atoms with Crippen molar-refractivity contribution in [2.24, 2.45) is 5.92 Å². The maximum atomic E-state index is 11.3. The van der Waals surface area contributed by atoms with Gasteiger partial charge in [-0.3, -0.25) is 4.79 Å². The van der Waals surface area contributed by atoms with Gasteiger partial charge >= 0.3 is 5.97 Å². The molecular formula is C28H29N3O4. The van der Waals surface area contributed by atoms with Gasteiger partial charge in [0.15, 0.2) is 5.58 Å². The molecule has 5 rings (SSSR count). The second-order valence-electron chi connectivity index (χ2n) is 8.92. The molecule has 0 spiro atoms. The first-order chi connectivity index (χ1) is 17.1. The molecule has 1 fully saturated rings. The zero-order valence-electron chi connectivity index (χ0n) is 19.8. The molecule has 1 N–H and O–H groups in total. The molecule has 0 unspecified atom stereocenters. The third-order valence-electron chi connectivity index (χ3n) is 6.59. The number of oxazole rings is 1. The van der Waals surface area contributed by atoms with E-state index in [-0.39, 0.29) is 5.92 Å². The molecule has 0 aliphatic carbocycles. The van der Waals surface area contributed by atoms with Crippen molar-refractivity contribution in [1.82, 2.24) is 4.98 Å². The molecule has 35 heavy (non-hydrogen) atoms. The van der Waals surface area contributed by atoms with Gasteiger partial charge < -0.3 is 24.1 Å². The molecule has 7 nitrogen and oxygen atoms in total. The molecule has 1 aliphatic rings. The lowest BCUT2D eigenvalue weighted by Gasteiger charge is -2.22. The summed E-state index contributed by atoms with van der Waals surface area (Å²) in [5, 5.41) is 9.29. The Kier molecular flexibility index (Phi) is 6.57. The van der Waals surface area contributed by atoms with E-state index in [1.54, 1.807) is 7.11 Å². The van der Waals surface area contributed by atoms with Crippen LogP contribution in [0.4, 0.5) is 11.7 Å². The Hall–Kier alpha value is -4.00. The van der Waals surface area contributed by atoms with E-state index in [0.29, 0.717) is 25.5 Å². The number of methoxy groups -OCH3 is 1. The van der Waals surface area contributed by atoms with E-state index in [9.17, 15) is 9.90 Å². The van der Waals surface area contributed by atoms with Gasteiger partial charge in [0.05, 0.1) is 13.0 Å². The number of para-hydroxylation sites is 2. The highest BCUT2D eigenvalue weighted by molar-refractivity contribution is 5.74. The van der Waals surface area contributed by atoms with Crippen molar-refractivity contribution in [3.8, 4) is 5.75 Å². The molecule has 1 atom stereocenters. The molecule has 1 aromatic heterocycles. The summed E-state index contributed by atoms with van der Waals surface area (Å²) in [6.45, 7) is 2.73. The zero-order valence-corrected chi connectivity index (χ0v) is 19.8. The zero-order chi connectivity index (χ0) is 24.2. The number of fused-ring (bicyclic) bond motifs is 1. The average molecular weight is 472 g/mol. The monoisotopic (exact) mass is 471 g/mol. The fourth-order valence-electron chi connectivity index (χ4n) is 4.52. The first-order valence-corrected chi connectivity index (χ1v) is 11.9. The molecule has 2 heterocycles. The normalized spacial score (nSPS) is 15.5. The summed E-state index contributed by atoms with van der Waals surface area (Å²) < 4.78 is 11.4. The number of aromatic nitrogens is 1. The number of carboxylic acids is 1. The Morgan fingerprint density at radius 2 is 1.83 bits per heavy atom. The molecule has 7 heteroatoms. The summed E-state index contributed by atoms with van der Waals surface area (Å²) in [6, 6.07) is 24.9. The van der Waals surface area contributed by atoms with Crippen LogP contribution in [0.2, 0.25) is 0 Å². The van der Waals surface area contributed by atoms with Crippen LogP contribution in [0.25, 0.3) is 11.1 Å². The standard InChI is InChI=1S/C28H29N3O4/c1-34-24-12-8-20(9-13-24)14-16-31(28-29-25-4-2-3-5-26(25)35-28)18-21-6-10-23(11-7-21)30-17-15-22(19-30)27(32)33/h2-13,22H,14-19H2,1H3,(H,32,33)/t22-/m0/s1. The van der Waals surface area contributed by atoms with Gasteiger partial charge in [-0.1, -0.05) is 36.4 Å². The average Bonchev–Trinajstić information content (AvgIpc) is 3.55. The number of anilines is 2. The van der Waals surface area contributed by atoms with Gasteiger partial charge in [-0.2, -0.15) is 4.98 Å². The van der Waals surface area contributed by atoms with E-state index in [2.05, 4.69) is 46.2 Å². The Bertz CT molecular complexity index is 1250. The highest BCUT2D eigenvalue weighted by Gasteiger charge is 2.28. The first kappa shape index (κ1) is 22.8. The van der Waals surface area contributed by atoms with Crippen molar-refractivity contribution in [1.29, 1.82) is 0 Å². The van der Waals surface area contributed by atoms with Crippen molar-refractivity contribution < 1.29 is 19.1 Å². The van der Waals surface area contributed by atoms with E-state index in [4.69, 9.17) is 14.1 Å². The Morgan fingerprint density at radius 3 is 2.51 bits per heavy atom. The summed E-state index contributed by atoms with van der Waals surface area (Å²) in [6.07, 6.45) is 1.53. The second-order valence-corrected chi connectivity index (χ2v) is 8.92. The van der Waals surface area contributed by atoms with Gasteiger partial charge in [0, 0.05) is 31.9 Å². The molecule has 0 amide bonds. The summed E-state index contributed by atoms with van der Waals surface area (Å²) in [5.74, 6) is -0.158. The second kappa shape index (κ2) is 10.1. The van der Waals surface area contributed by atoms with Crippen LogP contribution in [0.1, 0.15) is 17.5 Å². The predicted octanol–water partition coefficient (Wildman–Crippen LogP) is 5.00. The number of carboxylic acid groups (broad SMARTS) is 1. The summed E-state index contributed by atoms with van der Waals surface area (Å²) >= 11 is 0. The van der Waals surface area contributed by atoms with Gasteiger partial charge in [-0.05, 0) is 60.4 Å². The van der Waals surface area contributed by atoms with Crippen LogP contribution in [-0.4, -0.2) is 42.8 Å².